The lowest BCUT2D eigenvalue weighted by atomic mass is 10.1. The number of nitrogens with zero attached hydrogens (tertiary/aromatic N) is 3. The molecular formula is C17H30N4O2S. The summed E-state index contributed by atoms with van der Waals surface area (Å²) < 4.78 is 10.7. The summed E-state index contributed by atoms with van der Waals surface area (Å²) in [6, 6.07) is 0. The van der Waals surface area contributed by atoms with Gasteiger partial charge in [-0.15, -0.1) is 11.3 Å². The van der Waals surface area contributed by atoms with Crippen molar-refractivity contribution in [2.45, 2.75) is 33.2 Å². The molecule has 136 valence electrons. The zero-order valence-electron chi connectivity index (χ0n) is 15.1. The number of aromatic nitrogens is 1. The maximum absolute atomic E-state index is 5.67. The molecule has 1 aromatic heterocycles. The maximum atomic E-state index is 5.67. The third-order valence-electron chi connectivity index (χ3n) is 4.00. The van der Waals surface area contributed by atoms with Crippen LogP contribution in [0.1, 0.15) is 31.0 Å². The fraction of sp³-hybridized carbons (Fsp3) is 0.765. The summed E-state index contributed by atoms with van der Waals surface area (Å²) in [5.74, 6) is 1.56. The van der Waals surface area contributed by atoms with Gasteiger partial charge < -0.3 is 19.7 Å². The highest BCUT2D eigenvalue weighted by Crippen LogP contribution is 2.17. The van der Waals surface area contributed by atoms with Crippen LogP contribution in [0.4, 0.5) is 0 Å². The Morgan fingerprint density at radius 1 is 1.46 bits per heavy atom. The number of aryl methyl sites for hydroxylation is 1. The molecule has 0 amide bonds. The molecule has 6 nitrogen and oxygen atoms in total. The molecule has 0 aliphatic carbocycles. The fourth-order valence-electron chi connectivity index (χ4n) is 2.72. The van der Waals surface area contributed by atoms with E-state index in [1.807, 2.05) is 0 Å². The van der Waals surface area contributed by atoms with Gasteiger partial charge in [0.25, 0.3) is 0 Å². The first-order chi connectivity index (χ1) is 11.8. The highest BCUT2D eigenvalue weighted by molar-refractivity contribution is 7.09. The average Bonchev–Trinajstić information content (AvgIpc) is 3.25. The van der Waals surface area contributed by atoms with Gasteiger partial charge in [0.15, 0.2) is 5.96 Å². The summed E-state index contributed by atoms with van der Waals surface area (Å²) in [7, 11) is 1.70. The lowest BCUT2D eigenvalue weighted by molar-refractivity contribution is 0.0536. The molecule has 1 aliphatic rings. The summed E-state index contributed by atoms with van der Waals surface area (Å²) in [6.45, 7) is 9.91. The van der Waals surface area contributed by atoms with Crippen molar-refractivity contribution in [3.8, 4) is 0 Å². The lowest BCUT2D eigenvalue weighted by Crippen LogP contribution is -2.40. The highest BCUT2D eigenvalue weighted by atomic mass is 32.1. The van der Waals surface area contributed by atoms with Gasteiger partial charge in [-0.05, 0) is 19.8 Å². The van der Waals surface area contributed by atoms with Gasteiger partial charge >= 0.3 is 0 Å². The lowest BCUT2D eigenvalue weighted by Gasteiger charge is -2.21. The van der Waals surface area contributed by atoms with E-state index >= 15 is 0 Å². The molecule has 1 fully saturated rings. The van der Waals surface area contributed by atoms with Crippen LogP contribution in [0.25, 0.3) is 0 Å². The third-order valence-corrected chi connectivity index (χ3v) is 5.04. The molecule has 0 aromatic carbocycles. The molecule has 24 heavy (non-hydrogen) atoms. The predicted octanol–water partition coefficient (Wildman–Crippen LogP) is 2.16. The van der Waals surface area contributed by atoms with Gasteiger partial charge in [0.2, 0.25) is 0 Å². The smallest absolute Gasteiger partial charge is 0.194 e. The highest BCUT2D eigenvalue weighted by Gasteiger charge is 2.25. The minimum atomic E-state index is 0.566. The molecule has 0 spiro atoms. The van der Waals surface area contributed by atoms with Crippen LogP contribution in [-0.4, -0.2) is 62.4 Å². The third kappa shape index (κ3) is 6.03. The van der Waals surface area contributed by atoms with Crippen LogP contribution >= 0.6 is 11.3 Å². The van der Waals surface area contributed by atoms with Gasteiger partial charge in [-0.3, -0.25) is 0 Å². The second-order valence-corrected chi connectivity index (χ2v) is 6.87. The van der Waals surface area contributed by atoms with E-state index in [1.165, 1.54) is 5.01 Å². The van der Waals surface area contributed by atoms with Gasteiger partial charge in [-0.1, -0.05) is 6.92 Å². The molecule has 1 N–H and O–H groups in total. The van der Waals surface area contributed by atoms with Crippen LogP contribution in [0.15, 0.2) is 10.4 Å². The standard InChI is InChI=1S/C17H30N4O2S/c1-4-16-20-15(13-24-16)10-19-17(18-5-2)21-7-6-14(11-21)12-23-9-8-22-3/h13-14H,4-12H2,1-3H3,(H,18,19). The predicted molar refractivity (Wildman–Crippen MR) is 98.7 cm³/mol. The average molecular weight is 355 g/mol. The Bertz CT molecular complexity index is 507. The molecule has 2 heterocycles. The normalized spacial score (nSPS) is 18.4. The van der Waals surface area contributed by atoms with E-state index in [0.717, 1.165) is 50.7 Å². The molecular weight excluding hydrogens is 324 g/mol. The Morgan fingerprint density at radius 2 is 2.33 bits per heavy atom. The van der Waals surface area contributed by atoms with E-state index in [0.29, 0.717) is 25.7 Å². The number of ether oxygens (including phenoxy) is 2. The van der Waals surface area contributed by atoms with E-state index in [4.69, 9.17) is 14.5 Å². The monoisotopic (exact) mass is 354 g/mol. The Labute approximate surface area is 149 Å². The van der Waals surface area contributed by atoms with Crippen molar-refractivity contribution >= 4 is 17.3 Å². The van der Waals surface area contributed by atoms with E-state index in [1.54, 1.807) is 18.4 Å². The molecule has 2 rings (SSSR count). The van der Waals surface area contributed by atoms with Gasteiger partial charge in [0, 0.05) is 38.0 Å². The fourth-order valence-corrected chi connectivity index (χ4v) is 3.45. The van der Waals surface area contributed by atoms with Gasteiger partial charge in [-0.25, -0.2) is 9.98 Å². The quantitative estimate of drug-likeness (QED) is 0.418. The number of likely N-dealkylation sites (tertiary alicyclic amines) is 1. The summed E-state index contributed by atoms with van der Waals surface area (Å²) in [5.41, 5.74) is 1.06. The second-order valence-electron chi connectivity index (χ2n) is 5.92. The van der Waals surface area contributed by atoms with Crippen molar-refractivity contribution < 1.29 is 9.47 Å². The summed E-state index contributed by atoms with van der Waals surface area (Å²) >= 11 is 1.72. The van der Waals surface area contributed by atoms with Crippen molar-refractivity contribution in [2.75, 3.05) is 46.6 Å². The second kappa shape index (κ2) is 10.6. The maximum Gasteiger partial charge on any atom is 0.194 e. The molecule has 0 saturated carbocycles. The first-order valence-corrected chi connectivity index (χ1v) is 9.68. The molecule has 1 unspecified atom stereocenters. The number of thiazole rings is 1. The summed E-state index contributed by atoms with van der Waals surface area (Å²) in [4.78, 5) is 11.7. The van der Waals surface area contributed by atoms with Crippen LogP contribution in [0.3, 0.4) is 0 Å². The van der Waals surface area contributed by atoms with E-state index in [-0.39, 0.29) is 0 Å². The van der Waals surface area contributed by atoms with Crippen LogP contribution in [0.5, 0.6) is 0 Å². The molecule has 1 saturated heterocycles. The number of guanidine groups is 1. The molecule has 7 heteroatoms. The van der Waals surface area contributed by atoms with Crippen LogP contribution in [0, 0.1) is 5.92 Å². The SMILES string of the molecule is CCNC(=NCc1csc(CC)n1)N1CCC(COCCOC)C1. The van der Waals surface area contributed by atoms with Gasteiger partial charge in [0.05, 0.1) is 37.1 Å². The zero-order valence-corrected chi connectivity index (χ0v) is 15.9. The Morgan fingerprint density at radius 3 is 3.04 bits per heavy atom. The van der Waals surface area contributed by atoms with Crippen molar-refractivity contribution in [1.29, 1.82) is 0 Å². The largest absolute Gasteiger partial charge is 0.382 e. The number of methoxy groups -OCH3 is 1. The first kappa shape index (κ1) is 19.1. The Kier molecular flexibility index (Phi) is 8.49. The zero-order chi connectivity index (χ0) is 17.2. The van der Waals surface area contributed by atoms with Gasteiger partial charge in [-0.2, -0.15) is 0 Å². The topological polar surface area (TPSA) is 59.0 Å². The number of rotatable bonds is 9. The van der Waals surface area contributed by atoms with Crippen molar-refractivity contribution in [3.05, 3.63) is 16.1 Å². The number of aliphatic imine (C=N–C) groups is 1. The number of hydrogen-bond acceptors (Lipinski definition) is 5. The van der Waals surface area contributed by atoms with Crippen LogP contribution in [0.2, 0.25) is 0 Å². The first-order valence-electron chi connectivity index (χ1n) is 8.80. The van der Waals surface area contributed by atoms with Crippen molar-refractivity contribution in [1.82, 2.24) is 15.2 Å². The van der Waals surface area contributed by atoms with E-state index in [2.05, 4.69) is 34.4 Å². The van der Waals surface area contributed by atoms with Crippen molar-refractivity contribution in [2.24, 2.45) is 10.9 Å². The molecule has 1 atom stereocenters. The van der Waals surface area contributed by atoms with Gasteiger partial charge in [0.1, 0.15) is 0 Å². The number of hydrogen-bond donors (Lipinski definition) is 1. The molecule has 1 aromatic rings. The molecule has 1 aliphatic heterocycles. The van der Waals surface area contributed by atoms with E-state index in [9.17, 15) is 0 Å². The minimum absolute atomic E-state index is 0.566. The number of nitrogens with one attached hydrogen (secondary N) is 1. The summed E-state index contributed by atoms with van der Waals surface area (Å²) in [5, 5.41) is 6.70. The van der Waals surface area contributed by atoms with E-state index < -0.39 is 0 Å². The summed E-state index contributed by atoms with van der Waals surface area (Å²) in [6.07, 6.45) is 2.14. The Balaban J connectivity index is 1.84. The molecule has 0 bridgehead atoms. The van der Waals surface area contributed by atoms with Crippen LogP contribution in [-0.2, 0) is 22.4 Å². The minimum Gasteiger partial charge on any atom is -0.382 e. The molecule has 0 radical (unpaired) electrons. The Hall–Kier alpha value is -1.18. The van der Waals surface area contributed by atoms with Crippen LogP contribution < -0.4 is 5.32 Å². The van der Waals surface area contributed by atoms with Crippen molar-refractivity contribution in [3.63, 3.8) is 0 Å².